The van der Waals surface area contributed by atoms with Gasteiger partial charge < -0.3 is 15.0 Å². The summed E-state index contributed by atoms with van der Waals surface area (Å²) in [5.74, 6) is 1.19. The van der Waals surface area contributed by atoms with Gasteiger partial charge in [-0.05, 0) is 38.1 Å². The Morgan fingerprint density at radius 3 is 2.76 bits per heavy atom. The molecule has 1 aromatic rings. The predicted molar refractivity (Wildman–Crippen MR) is 82.7 cm³/mol. The van der Waals surface area contributed by atoms with Crippen LogP contribution in [0.25, 0.3) is 0 Å². The normalized spacial score (nSPS) is 23.3. The zero-order chi connectivity index (χ0) is 14.7. The van der Waals surface area contributed by atoms with Crippen molar-refractivity contribution in [2.75, 3.05) is 26.2 Å². The van der Waals surface area contributed by atoms with E-state index in [0.717, 1.165) is 38.9 Å². The van der Waals surface area contributed by atoms with Crippen molar-refractivity contribution in [3.05, 3.63) is 29.3 Å². The van der Waals surface area contributed by atoms with Crippen LogP contribution < -0.4 is 10.1 Å². The Labute approximate surface area is 130 Å². The summed E-state index contributed by atoms with van der Waals surface area (Å²) in [6, 6.07) is 7.49. The number of hydrogen-bond acceptors (Lipinski definition) is 3. The number of para-hydroxylation sites is 1. The van der Waals surface area contributed by atoms with Crippen LogP contribution in [0.5, 0.6) is 5.75 Å². The highest BCUT2D eigenvalue weighted by Gasteiger charge is 2.32. The second-order valence-electron chi connectivity index (χ2n) is 5.77. The van der Waals surface area contributed by atoms with Crippen molar-refractivity contribution in [3.63, 3.8) is 0 Å². The lowest BCUT2D eigenvalue weighted by Gasteiger charge is -2.26. The molecule has 2 aliphatic rings. The Kier molecular flexibility index (Phi) is 4.66. The molecule has 0 radical (unpaired) electrons. The number of hydrogen-bond donors (Lipinski definition) is 1. The van der Waals surface area contributed by atoms with Crippen molar-refractivity contribution >= 4 is 17.5 Å². The van der Waals surface area contributed by atoms with Gasteiger partial charge >= 0.3 is 0 Å². The zero-order valence-electron chi connectivity index (χ0n) is 12.1. The molecule has 114 valence electrons. The molecular weight excluding hydrogens is 288 g/mol. The van der Waals surface area contributed by atoms with Gasteiger partial charge in [0.05, 0.1) is 11.6 Å². The summed E-state index contributed by atoms with van der Waals surface area (Å²) < 4.78 is 5.94. The minimum Gasteiger partial charge on any atom is -0.487 e. The van der Waals surface area contributed by atoms with Crippen LogP contribution in [-0.4, -0.2) is 43.1 Å². The van der Waals surface area contributed by atoms with E-state index in [1.165, 1.54) is 0 Å². The van der Waals surface area contributed by atoms with E-state index < -0.39 is 0 Å². The van der Waals surface area contributed by atoms with E-state index in [1.54, 1.807) is 0 Å². The molecule has 2 fully saturated rings. The number of nitrogens with zero attached hydrogens (tertiary/aromatic N) is 1. The third-order valence-corrected chi connectivity index (χ3v) is 4.59. The van der Waals surface area contributed by atoms with Crippen molar-refractivity contribution in [2.45, 2.75) is 25.4 Å². The Hall–Kier alpha value is -1.26. The Bertz CT molecular complexity index is 503. The van der Waals surface area contributed by atoms with Crippen LogP contribution >= 0.6 is 11.6 Å². The molecule has 21 heavy (non-hydrogen) atoms. The van der Waals surface area contributed by atoms with E-state index in [2.05, 4.69) is 5.32 Å². The van der Waals surface area contributed by atoms with Crippen LogP contribution in [0.3, 0.4) is 0 Å². The van der Waals surface area contributed by atoms with Gasteiger partial charge in [0.15, 0.2) is 0 Å². The van der Waals surface area contributed by atoms with Crippen LogP contribution in [-0.2, 0) is 4.79 Å². The van der Waals surface area contributed by atoms with Crippen molar-refractivity contribution < 1.29 is 9.53 Å². The SMILES string of the molecule is O=C(C1CCNCC1)N1CC[C@H](Oc2ccccc2Cl)C1. The number of rotatable bonds is 3. The molecular formula is C16H21ClN2O2. The number of carbonyl (C=O) groups is 1. The molecule has 2 saturated heterocycles. The molecule has 2 heterocycles. The lowest BCUT2D eigenvalue weighted by Crippen LogP contribution is -2.40. The lowest BCUT2D eigenvalue weighted by atomic mass is 9.97. The Morgan fingerprint density at radius 2 is 2.00 bits per heavy atom. The molecule has 1 N–H and O–H groups in total. The molecule has 2 aliphatic heterocycles. The molecule has 0 unspecified atom stereocenters. The number of ether oxygens (including phenoxy) is 1. The van der Waals surface area contributed by atoms with Crippen molar-refractivity contribution in [1.82, 2.24) is 10.2 Å². The Balaban J connectivity index is 1.55. The van der Waals surface area contributed by atoms with E-state index >= 15 is 0 Å². The number of halogens is 1. The number of benzene rings is 1. The maximum absolute atomic E-state index is 12.5. The maximum atomic E-state index is 12.5. The first kappa shape index (κ1) is 14.7. The van der Waals surface area contributed by atoms with Gasteiger partial charge in [-0.3, -0.25) is 4.79 Å². The smallest absolute Gasteiger partial charge is 0.225 e. The van der Waals surface area contributed by atoms with Gasteiger partial charge in [-0.1, -0.05) is 23.7 Å². The minimum absolute atomic E-state index is 0.0514. The fraction of sp³-hybridized carbons (Fsp3) is 0.562. The molecule has 0 aromatic heterocycles. The van der Waals surface area contributed by atoms with Crippen molar-refractivity contribution in [2.24, 2.45) is 5.92 Å². The summed E-state index contributed by atoms with van der Waals surface area (Å²) in [5, 5.41) is 3.92. The molecule has 5 heteroatoms. The highest BCUT2D eigenvalue weighted by molar-refractivity contribution is 6.32. The van der Waals surface area contributed by atoms with Gasteiger partial charge in [0.1, 0.15) is 11.9 Å². The zero-order valence-corrected chi connectivity index (χ0v) is 12.8. The van der Waals surface area contributed by atoms with E-state index in [9.17, 15) is 4.79 Å². The largest absolute Gasteiger partial charge is 0.487 e. The number of carbonyl (C=O) groups excluding carboxylic acids is 1. The third kappa shape index (κ3) is 3.50. The molecule has 0 aliphatic carbocycles. The third-order valence-electron chi connectivity index (χ3n) is 4.28. The summed E-state index contributed by atoms with van der Waals surface area (Å²) in [6.45, 7) is 3.36. The monoisotopic (exact) mass is 308 g/mol. The summed E-state index contributed by atoms with van der Waals surface area (Å²) in [6.07, 6.45) is 2.83. The summed E-state index contributed by atoms with van der Waals surface area (Å²) in [5.41, 5.74) is 0. The molecule has 0 bridgehead atoms. The molecule has 3 rings (SSSR count). The molecule has 4 nitrogen and oxygen atoms in total. The summed E-state index contributed by atoms with van der Waals surface area (Å²) in [7, 11) is 0. The van der Waals surface area contributed by atoms with Gasteiger partial charge in [-0.2, -0.15) is 0 Å². The lowest BCUT2D eigenvalue weighted by molar-refractivity contribution is -0.135. The first-order chi connectivity index (χ1) is 10.2. The highest BCUT2D eigenvalue weighted by Crippen LogP contribution is 2.27. The van der Waals surface area contributed by atoms with Crippen LogP contribution in [0.2, 0.25) is 5.02 Å². The number of nitrogens with one attached hydrogen (secondary N) is 1. The predicted octanol–water partition coefficient (Wildman–Crippen LogP) is 2.32. The fourth-order valence-corrected chi connectivity index (χ4v) is 3.25. The van der Waals surface area contributed by atoms with Gasteiger partial charge in [-0.15, -0.1) is 0 Å². The number of likely N-dealkylation sites (tertiary alicyclic amines) is 1. The maximum Gasteiger partial charge on any atom is 0.225 e. The van der Waals surface area contributed by atoms with E-state index in [1.807, 2.05) is 29.2 Å². The molecule has 1 aromatic carbocycles. The summed E-state index contributed by atoms with van der Waals surface area (Å²) in [4.78, 5) is 14.4. The number of piperidine rings is 1. The van der Waals surface area contributed by atoms with E-state index in [0.29, 0.717) is 23.2 Å². The van der Waals surface area contributed by atoms with Crippen LogP contribution in [0.1, 0.15) is 19.3 Å². The Morgan fingerprint density at radius 1 is 1.24 bits per heavy atom. The highest BCUT2D eigenvalue weighted by atomic mass is 35.5. The van der Waals surface area contributed by atoms with E-state index in [-0.39, 0.29) is 12.0 Å². The van der Waals surface area contributed by atoms with Crippen LogP contribution in [0, 0.1) is 5.92 Å². The first-order valence-corrected chi connectivity index (χ1v) is 8.02. The van der Waals surface area contributed by atoms with Gasteiger partial charge in [0, 0.05) is 18.9 Å². The van der Waals surface area contributed by atoms with Gasteiger partial charge in [0.2, 0.25) is 5.91 Å². The second-order valence-corrected chi connectivity index (χ2v) is 6.17. The van der Waals surface area contributed by atoms with Gasteiger partial charge in [-0.25, -0.2) is 0 Å². The topological polar surface area (TPSA) is 41.6 Å². The van der Waals surface area contributed by atoms with Crippen molar-refractivity contribution in [3.8, 4) is 5.75 Å². The standard InChI is InChI=1S/C16H21ClN2O2/c17-14-3-1-2-4-15(14)21-13-7-10-19(11-13)16(20)12-5-8-18-9-6-12/h1-4,12-13,18H,5-11H2/t13-/m0/s1. The average molecular weight is 309 g/mol. The molecule has 1 amide bonds. The minimum atomic E-state index is 0.0514. The summed E-state index contributed by atoms with van der Waals surface area (Å²) >= 11 is 6.11. The quantitative estimate of drug-likeness (QED) is 0.932. The molecule has 0 saturated carbocycles. The van der Waals surface area contributed by atoms with Crippen LogP contribution in [0.15, 0.2) is 24.3 Å². The molecule has 1 atom stereocenters. The molecule has 0 spiro atoms. The first-order valence-electron chi connectivity index (χ1n) is 7.65. The number of amides is 1. The van der Waals surface area contributed by atoms with Gasteiger partial charge in [0.25, 0.3) is 0 Å². The van der Waals surface area contributed by atoms with E-state index in [4.69, 9.17) is 16.3 Å². The average Bonchev–Trinajstić information content (AvgIpc) is 2.98. The second kappa shape index (κ2) is 6.67. The van der Waals surface area contributed by atoms with Crippen molar-refractivity contribution in [1.29, 1.82) is 0 Å². The van der Waals surface area contributed by atoms with Crippen LogP contribution in [0.4, 0.5) is 0 Å². The fourth-order valence-electron chi connectivity index (χ4n) is 3.07.